The van der Waals surface area contributed by atoms with Crippen molar-refractivity contribution in [2.24, 2.45) is 5.73 Å². The third-order valence-electron chi connectivity index (χ3n) is 2.75. The average molecular weight is 357 g/mol. The number of rotatable bonds is 3. The fraction of sp³-hybridized carbons (Fsp3) is 0.154. The Kier molecular flexibility index (Phi) is 3.83. The van der Waals surface area contributed by atoms with Crippen molar-refractivity contribution in [3.8, 4) is 0 Å². The van der Waals surface area contributed by atoms with Gasteiger partial charge in [-0.15, -0.1) is 11.3 Å². The van der Waals surface area contributed by atoms with Crippen LogP contribution in [-0.2, 0) is 0 Å². The molecule has 4 heteroatoms. The number of thiophene rings is 1. The lowest BCUT2D eigenvalue weighted by molar-refractivity contribution is 0.100. The van der Waals surface area contributed by atoms with Gasteiger partial charge in [-0.1, -0.05) is 37.3 Å². The van der Waals surface area contributed by atoms with E-state index in [1.54, 1.807) is 0 Å². The van der Waals surface area contributed by atoms with Crippen molar-refractivity contribution in [2.45, 2.75) is 12.8 Å². The van der Waals surface area contributed by atoms with Crippen molar-refractivity contribution >= 4 is 39.8 Å². The summed E-state index contributed by atoms with van der Waals surface area (Å²) in [5, 5.41) is 2.03. The molecular formula is C13H12INOS. The van der Waals surface area contributed by atoms with Gasteiger partial charge in [0.1, 0.15) is 4.88 Å². The zero-order chi connectivity index (χ0) is 12.4. The predicted octanol–water partition coefficient (Wildman–Crippen LogP) is 3.60. The zero-order valence-corrected chi connectivity index (χ0v) is 12.3. The molecule has 2 rings (SSSR count). The van der Waals surface area contributed by atoms with Gasteiger partial charge < -0.3 is 5.73 Å². The first-order chi connectivity index (χ1) is 8.11. The molecule has 88 valence electrons. The van der Waals surface area contributed by atoms with Crippen molar-refractivity contribution < 1.29 is 4.79 Å². The molecule has 1 unspecified atom stereocenters. The summed E-state index contributed by atoms with van der Waals surface area (Å²) in [7, 11) is 0. The van der Waals surface area contributed by atoms with Gasteiger partial charge in [0.15, 0.2) is 0 Å². The van der Waals surface area contributed by atoms with Crippen molar-refractivity contribution in [1.29, 1.82) is 0 Å². The number of hydrogen-bond donors (Lipinski definition) is 1. The molecule has 0 radical (unpaired) electrons. The van der Waals surface area contributed by atoms with Gasteiger partial charge in [0.2, 0.25) is 0 Å². The Labute approximate surface area is 118 Å². The molecule has 1 aromatic heterocycles. The summed E-state index contributed by atoms with van der Waals surface area (Å²) in [6, 6.07) is 10.3. The van der Waals surface area contributed by atoms with Crippen LogP contribution in [0.3, 0.4) is 0 Å². The molecule has 0 saturated carbocycles. The molecule has 1 atom stereocenters. The normalized spacial score (nSPS) is 12.4. The lowest BCUT2D eigenvalue weighted by atomic mass is 9.95. The summed E-state index contributed by atoms with van der Waals surface area (Å²) >= 11 is 3.63. The molecule has 0 spiro atoms. The average Bonchev–Trinajstić information content (AvgIpc) is 2.71. The van der Waals surface area contributed by atoms with E-state index in [1.165, 1.54) is 22.5 Å². The molecule has 2 aromatic rings. The van der Waals surface area contributed by atoms with Gasteiger partial charge in [0.05, 0.1) is 0 Å². The number of amides is 1. The largest absolute Gasteiger partial charge is 0.365 e. The summed E-state index contributed by atoms with van der Waals surface area (Å²) in [5.74, 6) is -0.0571. The Hall–Kier alpha value is -0.880. The van der Waals surface area contributed by atoms with Crippen LogP contribution in [0.25, 0.3) is 0 Å². The smallest absolute Gasteiger partial charge is 0.259 e. The fourth-order valence-corrected chi connectivity index (χ4v) is 4.12. The first kappa shape index (κ1) is 12.6. The van der Waals surface area contributed by atoms with E-state index < -0.39 is 0 Å². The van der Waals surface area contributed by atoms with E-state index in [0.29, 0.717) is 4.88 Å². The van der Waals surface area contributed by atoms with Crippen molar-refractivity contribution in [2.75, 3.05) is 0 Å². The molecule has 0 aliphatic rings. The minimum Gasteiger partial charge on any atom is -0.365 e. The van der Waals surface area contributed by atoms with Crippen LogP contribution in [-0.4, -0.2) is 5.91 Å². The van der Waals surface area contributed by atoms with Gasteiger partial charge in [-0.05, 0) is 39.1 Å². The molecule has 0 saturated heterocycles. The number of halogens is 1. The lowest BCUT2D eigenvalue weighted by Gasteiger charge is -2.11. The maximum absolute atomic E-state index is 11.2. The van der Waals surface area contributed by atoms with Crippen LogP contribution in [0, 0.1) is 3.57 Å². The third-order valence-corrected chi connectivity index (χ3v) is 5.29. The van der Waals surface area contributed by atoms with E-state index in [1.807, 2.05) is 23.6 Å². The van der Waals surface area contributed by atoms with Gasteiger partial charge in [0.25, 0.3) is 5.91 Å². The Morgan fingerprint density at radius 2 is 2.00 bits per heavy atom. The summed E-state index contributed by atoms with van der Waals surface area (Å²) in [5.41, 5.74) is 7.76. The number of benzene rings is 1. The number of nitrogens with two attached hydrogens (primary N) is 1. The van der Waals surface area contributed by atoms with E-state index in [-0.39, 0.29) is 11.8 Å². The van der Waals surface area contributed by atoms with E-state index in [2.05, 4.69) is 41.6 Å². The standard InChI is InChI=1S/C13H12INOS/c1-8(9-5-3-2-4-6-9)10-7-17-12(11(10)14)13(15)16/h2-8H,1H3,(H2,15,16). The van der Waals surface area contributed by atoms with Crippen LogP contribution in [0.15, 0.2) is 35.7 Å². The van der Waals surface area contributed by atoms with Gasteiger partial charge in [-0.25, -0.2) is 0 Å². The summed E-state index contributed by atoms with van der Waals surface area (Å²) in [6.45, 7) is 2.14. The van der Waals surface area contributed by atoms with Crippen molar-refractivity contribution in [3.63, 3.8) is 0 Å². The zero-order valence-electron chi connectivity index (χ0n) is 9.31. The van der Waals surface area contributed by atoms with Crippen LogP contribution in [0.4, 0.5) is 0 Å². The number of carbonyl (C=O) groups excluding carboxylic acids is 1. The fourth-order valence-electron chi connectivity index (χ4n) is 1.74. The maximum Gasteiger partial charge on any atom is 0.259 e. The highest BCUT2D eigenvalue weighted by Gasteiger charge is 2.18. The van der Waals surface area contributed by atoms with Gasteiger partial charge in [-0.2, -0.15) is 0 Å². The summed E-state index contributed by atoms with van der Waals surface area (Å²) in [4.78, 5) is 11.9. The lowest BCUT2D eigenvalue weighted by Crippen LogP contribution is -2.10. The van der Waals surface area contributed by atoms with Crippen LogP contribution in [0.1, 0.15) is 33.6 Å². The monoisotopic (exact) mass is 357 g/mol. The third kappa shape index (κ3) is 2.52. The van der Waals surface area contributed by atoms with Crippen LogP contribution in [0.5, 0.6) is 0 Å². The summed E-state index contributed by atoms with van der Waals surface area (Å²) in [6.07, 6.45) is 0. The van der Waals surface area contributed by atoms with E-state index in [9.17, 15) is 4.79 Å². The minimum atomic E-state index is -0.342. The molecule has 0 aliphatic heterocycles. The second kappa shape index (κ2) is 5.18. The minimum absolute atomic E-state index is 0.285. The Balaban J connectivity index is 2.39. The highest BCUT2D eigenvalue weighted by Crippen LogP contribution is 2.33. The molecule has 1 aromatic carbocycles. The quantitative estimate of drug-likeness (QED) is 0.838. The molecule has 17 heavy (non-hydrogen) atoms. The molecule has 0 aliphatic carbocycles. The Morgan fingerprint density at radius 1 is 1.35 bits per heavy atom. The maximum atomic E-state index is 11.2. The van der Waals surface area contributed by atoms with Crippen LogP contribution < -0.4 is 5.73 Å². The second-order valence-electron chi connectivity index (χ2n) is 3.83. The highest BCUT2D eigenvalue weighted by molar-refractivity contribution is 14.1. The molecule has 2 nitrogen and oxygen atoms in total. The molecular weight excluding hydrogens is 345 g/mol. The molecule has 1 amide bonds. The first-order valence-electron chi connectivity index (χ1n) is 5.23. The molecule has 0 bridgehead atoms. The number of primary amides is 1. The molecule has 2 N–H and O–H groups in total. The van der Waals surface area contributed by atoms with Gasteiger partial charge in [0, 0.05) is 9.49 Å². The number of carbonyl (C=O) groups is 1. The van der Waals surface area contributed by atoms with E-state index >= 15 is 0 Å². The molecule has 1 heterocycles. The first-order valence-corrected chi connectivity index (χ1v) is 7.18. The van der Waals surface area contributed by atoms with Crippen molar-refractivity contribution in [1.82, 2.24) is 0 Å². The van der Waals surface area contributed by atoms with Crippen molar-refractivity contribution in [3.05, 3.63) is 55.3 Å². The van der Waals surface area contributed by atoms with Crippen LogP contribution >= 0.6 is 33.9 Å². The number of hydrogen-bond acceptors (Lipinski definition) is 2. The summed E-state index contributed by atoms with van der Waals surface area (Å²) < 4.78 is 0.983. The second-order valence-corrected chi connectivity index (χ2v) is 5.79. The Bertz CT molecular complexity index is 536. The van der Waals surface area contributed by atoms with Gasteiger partial charge >= 0.3 is 0 Å². The van der Waals surface area contributed by atoms with E-state index in [0.717, 1.165) is 3.57 Å². The van der Waals surface area contributed by atoms with Crippen LogP contribution in [0.2, 0.25) is 0 Å². The van der Waals surface area contributed by atoms with Gasteiger partial charge in [-0.3, -0.25) is 4.79 Å². The Morgan fingerprint density at radius 3 is 2.53 bits per heavy atom. The topological polar surface area (TPSA) is 43.1 Å². The SMILES string of the molecule is CC(c1ccccc1)c1csc(C(N)=O)c1I. The predicted molar refractivity (Wildman–Crippen MR) is 79.5 cm³/mol. The van der Waals surface area contributed by atoms with E-state index in [4.69, 9.17) is 5.73 Å². The molecule has 0 fully saturated rings. The highest BCUT2D eigenvalue weighted by atomic mass is 127.